The van der Waals surface area contributed by atoms with Crippen molar-refractivity contribution in [1.82, 2.24) is 10.3 Å². The molecule has 0 aliphatic carbocycles. The van der Waals surface area contributed by atoms with Crippen molar-refractivity contribution in [2.24, 2.45) is 0 Å². The number of nitrogens with zero attached hydrogens (tertiary/aromatic N) is 1. The Morgan fingerprint density at radius 3 is 2.75 bits per heavy atom. The summed E-state index contributed by atoms with van der Waals surface area (Å²) in [6.07, 6.45) is 1.35. The Morgan fingerprint density at radius 2 is 2.19 bits per heavy atom. The Morgan fingerprint density at radius 1 is 1.50 bits per heavy atom. The van der Waals surface area contributed by atoms with Crippen LogP contribution >= 0.6 is 23.2 Å². The van der Waals surface area contributed by atoms with Gasteiger partial charge in [0.25, 0.3) is 5.91 Å². The SMILES string of the molecule is O=C(O)c1ccnc(CNC(=O)C(Cl)Cl)c1. The van der Waals surface area contributed by atoms with E-state index in [9.17, 15) is 9.59 Å². The van der Waals surface area contributed by atoms with Gasteiger partial charge < -0.3 is 10.4 Å². The predicted molar refractivity (Wildman–Crippen MR) is 58.5 cm³/mol. The number of nitrogens with one attached hydrogen (secondary N) is 1. The normalized spacial score (nSPS) is 10.2. The molecule has 0 saturated carbocycles. The minimum atomic E-state index is -1.15. The number of aromatic carboxylic acids is 1. The topological polar surface area (TPSA) is 79.3 Å². The fourth-order valence-electron chi connectivity index (χ4n) is 0.963. The quantitative estimate of drug-likeness (QED) is 0.800. The molecule has 1 amide bonds. The van der Waals surface area contributed by atoms with Crippen LogP contribution in [0, 0.1) is 0 Å². The van der Waals surface area contributed by atoms with Crippen LogP contribution in [0.1, 0.15) is 16.1 Å². The first-order valence-corrected chi connectivity index (χ1v) is 5.12. The number of pyridine rings is 1. The summed E-state index contributed by atoms with van der Waals surface area (Å²) in [5, 5.41) is 11.1. The molecule has 0 bridgehead atoms. The third-order valence-electron chi connectivity index (χ3n) is 1.71. The molecule has 1 aromatic heterocycles. The van der Waals surface area contributed by atoms with Gasteiger partial charge in [-0.3, -0.25) is 9.78 Å². The van der Waals surface area contributed by atoms with Crippen LogP contribution in [0.3, 0.4) is 0 Å². The van der Waals surface area contributed by atoms with Crippen molar-refractivity contribution in [3.63, 3.8) is 0 Å². The molecule has 1 rings (SSSR count). The van der Waals surface area contributed by atoms with E-state index in [4.69, 9.17) is 28.3 Å². The zero-order valence-electron chi connectivity index (χ0n) is 7.98. The molecule has 5 nitrogen and oxygen atoms in total. The van der Waals surface area contributed by atoms with Crippen molar-refractivity contribution < 1.29 is 14.7 Å². The third-order valence-corrected chi connectivity index (χ3v) is 2.10. The number of hydrogen-bond donors (Lipinski definition) is 2. The second kappa shape index (κ2) is 5.67. The molecule has 1 aromatic rings. The summed E-state index contributed by atoms with van der Waals surface area (Å²) in [7, 11) is 0. The van der Waals surface area contributed by atoms with E-state index in [2.05, 4.69) is 10.3 Å². The van der Waals surface area contributed by atoms with E-state index in [1.807, 2.05) is 0 Å². The van der Waals surface area contributed by atoms with Crippen LogP contribution in [0.5, 0.6) is 0 Å². The second-order valence-corrected chi connectivity index (χ2v) is 3.96. The molecule has 86 valence electrons. The van der Waals surface area contributed by atoms with Crippen LogP contribution in [0.15, 0.2) is 18.3 Å². The van der Waals surface area contributed by atoms with Crippen LogP contribution in [0.25, 0.3) is 0 Å². The first-order chi connectivity index (χ1) is 7.50. The fraction of sp³-hybridized carbons (Fsp3) is 0.222. The molecule has 0 radical (unpaired) electrons. The first-order valence-electron chi connectivity index (χ1n) is 4.25. The third kappa shape index (κ3) is 3.67. The lowest BCUT2D eigenvalue weighted by Crippen LogP contribution is -2.28. The summed E-state index contributed by atoms with van der Waals surface area (Å²) in [4.78, 5) is 24.4. The molecule has 0 fully saturated rings. The van der Waals surface area contributed by atoms with Crippen LogP contribution < -0.4 is 5.32 Å². The summed E-state index contributed by atoms with van der Waals surface area (Å²) in [5.74, 6) is -1.60. The first kappa shape index (κ1) is 12.7. The highest BCUT2D eigenvalue weighted by molar-refractivity contribution is 6.53. The van der Waals surface area contributed by atoms with Crippen molar-refractivity contribution in [2.45, 2.75) is 11.4 Å². The smallest absolute Gasteiger partial charge is 0.335 e. The molecule has 0 atom stereocenters. The van der Waals surface area contributed by atoms with Crippen molar-refractivity contribution in [3.8, 4) is 0 Å². The van der Waals surface area contributed by atoms with E-state index >= 15 is 0 Å². The van der Waals surface area contributed by atoms with E-state index in [1.54, 1.807) is 0 Å². The van der Waals surface area contributed by atoms with E-state index in [1.165, 1.54) is 18.3 Å². The number of rotatable bonds is 4. The Balaban J connectivity index is 2.64. The van der Waals surface area contributed by atoms with E-state index in [-0.39, 0.29) is 12.1 Å². The monoisotopic (exact) mass is 262 g/mol. The molecule has 1 heterocycles. The maximum Gasteiger partial charge on any atom is 0.335 e. The van der Waals surface area contributed by atoms with Gasteiger partial charge in [0.05, 0.1) is 17.8 Å². The van der Waals surface area contributed by atoms with Gasteiger partial charge in [-0.15, -0.1) is 0 Å². The number of alkyl halides is 2. The number of carbonyl (C=O) groups excluding carboxylic acids is 1. The highest BCUT2D eigenvalue weighted by Crippen LogP contribution is 2.04. The van der Waals surface area contributed by atoms with Gasteiger partial charge in [-0.1, -0.05) is 23.2 Å². The van der Waals surface area contributed by atoms with Crippen molar-refractivity contribution in [1.29, 1.82) is 0 Å². The summed E-state index contributed by atoms with van der Waals surface area (Å²) in [6, 6.07) is 2.72. The van der Waals surface area contributed by atoms with Gasteiger partial charge in [0.15, 0.2) is 4.84 Å². The molecular formula is C9H8Cl2N2O3. The molecule has 0 aromatic carbocycles. The zero-order valence-corrected chi connectivity index (χ0v) is 9.50. The van der Waals surface area contributed by atoms with Crippen LogP contribution in [0.4, 0.5) is 0 Å². The van der Waals surface area contributed by atoms with Gasteiger partial charge in [-0.2, -0.15) is 0 Å². The maximum absolute atomic E-state index is 11.0. The fourth-order valence-corrected chi connectivity index (χ4v) is 1.12. The molecule has 0 aliphatic heterocycles. The summed E-state index contributed by atoms with van der Waals surface area (Å²) < 4.78 is 0. The lowest BCUT2D eigenvalue weighted by atomic mass is 10.2. The Hall–Kier alpha value is -1.33. The maximum atomic E-state index is 11.0. The number of amides is 1. The van der Waals surface area contributed by atoms with Crippen molar-refractivity contribution in [2.75, 3.05) is 0 Å². The predicted octanol–water partition coefficient (Wildman–Crippen LogP) is 1.20. The van der Waals surface area contributed by atoms with Crippen molar-refractivity contribution >= 4 is 35.1 Å². The van der Waals surface area contributed by atoms with E-state index < -0.39 is 16.7 Å². The number of carboxylic acids is 1. The molecule has 7 heteroatoms. The minimum Gasteiger partial charge on any atom is -0.478 e. The van der Waals surface area contributed by atoms with Gasteiger partial charge in [0.2, 0.25) is 0 Å². The number of halogens is 2. The lowest BCUT2D eigenvalue weighted by Gasteiger charge is -2.05. The van der Waals surface area contributed by atoms with Gasteiger partial charge in [-0.25, -0.2) is 4.79 Å². The van der Waals surface area contributed by atoms with Gasteiger partial charge in [0, 0.05) is 6.20 Å². The average Bonchev–Trinajstić information content (AvgIpc) is 2.26. The zero-order chi connectivity index (χ0) is 12.1. The Kier molecular flexibility index (Phi) is 4.52. The van der Waals surface area contributed by atoms with E-state index in [0.29, 0.717) is 5.69 Å². The lowest BCUT2D eigenvalue weighted by molar-refractivity contribution is -0.119. The highest BCUT2D eigenvalue weighted by atomic mass is 35.5. The largest absolute Gasteiger partial charge is 0.478 e. The molecule has 16 heavy (non-hydrogen) atoms. The molecule has 0 unspecified atom stereocenters. The number of carboxylic acid groups (broad SMARTS) is 1. The second-order valence-electron chi connectivity index (χ2n) is 2.86. The summed E-state index contributed by atoms with van der Waals surface area (Å²) in [5.41, 5.74) is 0.523. The highest BCUT2D eigenvalue weighted by Gasteiger charge is 2.11. The molecule has 0 aliphatic rings. The van der Waals surface area contributed by atoms with Crippen LogP contribution in [-0.2, 0) is 11.3 Å². The van der Waals surface area contributed by atoms with Gasteiger partial charge >= 0.3 is 5.97 Å². The van der Waals surface area contributed by atoms with Crippen LogP contribution in [0.2, 0.25) is 0 Å². The standard InChI is InChI=1S/C9H8Cl2N2O3/c10-7(11)8(14)13-4-6-3-5(9(15)16)1-2-12-6/h1-3,7H,4H2,(H,13,14)(H,15,16). The summed E-state index contributed by atoms with van der Waals surface area (Å²) in [6.45, 7) is 0.0793. The van der Waals surface area contributed by atoms with Gasteiger partial charge in [-0.05, 0) is 12.1 Å². The van der Waals surface area contributed by atoms with Crippen LogP contribution in [-0.4, -0.2) is 26.8 Å². The molecule has 0 spiro atoms. The van der Waals surface area contributed by atoms with Crippen molar-refractivity contribution in [3.05, 3.63) is 29.6 Å². The van der Waals surface area contributed by atoms with E-state index in [0.717, 1.165) is 0 Å². The Bertz CT molecular complexity index is 409. The minimum absolute atomic E-state index is 0.0793. The molecular weight excluding hydrogens is 255 g/mol. The Labute approximate surface area is 101 Å². The number of carbonyl (C=O) groups is 2. The average molecular weight is 263 g/mol. The van der Waals surface area contributed by atoms with Gasteiger partial charge in [0.1, 0.15) is 0 Å². The summed E-state index contributed by atoms with van der Waals surface area (Å²) >= 11 is 10.6. The molecule has 2 N–H and O–H groups in total. The number of hydrogen-bond acceptors (Lipinski definition) is 3. The number of aromatic nitrogens is 1. The molecule has 0 saturated heterocycles.